The first-order valence-electron chi connectivity index (χ1n) is 6.54. The molecule has 2 aromatic rings. The molecule has 2 rings (SSSR count). The SMILES string of the molecule is CC(=O)Nc1ccccc1Oc1ncnc(Cl)c1C(C)C. The fourth-order valence-electron chi connectivity index (χ4n) is 1.88. The first-order chi connectivity index (χ1) is 9.99. The Morgan fingerprint density at radius 2 is 2.00 bits per heavy atom. The van der Waals surface area contributed by atoms with Crippen LogP contribution in [-0.2, 0) is 4.79 Å². The summed E-state index contributed by atoms with van der Waals surface area (Å²) in [6.45, 7) is 5.41. The van der Waals surface area contributed by atoms with E-state index in [0.29, 0.717) is 22.5 Å². The van der Waals surface area contributed by atoms with Crippen molar-refractivity contribution in [1.82, 2.24) is 9.97 Å². The summed E-state index contributed by atoms with van der Waals surface area (Å²) < 4.78 is 5.83. The van der Waals surface area contributed by atoms with Gasteiger partial charge in [-0.3, -0.25) is 4.79 Å². The first-order valence-corrected chi connectivity index (χ1v) is 6.91. The van der Waals surface area contributed by atoms with Crippen LogP contribution in [0.15, 0.2) is 30.6 Å². The molecule has 1 heterocycles. The number of amides is 1. The summed E-state index contributed by atoms with van der Waals surface area (Å²) in [7, 11) is 0. The number of nitrogens with one attached hydrogen (secondary N) is 1. The number of rotatable bonds is 4. The number of hydrogen-bond donors (Lipinski definition) is 1. The molecule has 1 aromatic carbocycles. The van der Waals surface area contributed by atoms with Gasteiger partial charge in [0.2, 0.25) is 11.8 Å². The maximum absolute atomic E-state index is 11.2. The summed E-state index contributed by atoms with van der Waals surface area (Å²) in [5, 5.41) is 3.08. The van der Waals surface area contributed by atoms with E-state index >= 15 is 0 Å². The Labute approximate surface area is 128 Å². The lowest BCUT2D eigenvalue weighted by atomic mass is 10.1. The van der Waals surface area contributed by atoms with E-state index in [-0.39, 0.29) is 11.8 Å². The van der Waals surface area contributed by atoms with Crippen LogP contribution in [0.2, 0.25) is 5.15 Å². The van der Waals surface area contributed by atoms with Gasteiger partial charge < -0.3 is 10.1 Å². The lowest BCUT2D eigenvalue weighted by Gasteiger charge is -2.15. The standard InChI is InChI=1S/C15H16ClN3O2/c1-9(2)13-14(16)17-8-18-15(13)21-12-7-5-4-6-11(12)19-10(3)20/h4-9H,1-3H3,(H,19,20). The number of halogens is 1. The molecule has 5 nitrogen and oxygen atoms in total. The zero-order valence-corrected chi connectivity index (χ0v) is 12.8. The van der Waals surface area contributed by atoms with E-state index in [1.165, 1.54) is 13.3 Å². The molecule has 0 saturated carbocycles. The van der Waals surface area contributed by atoms with E-state index in [0.717, 1.165) is 5.56 Å². The number of ether oxygens (including phenoxy) is 1. The fourth-order valence-corrected chi connectivity index (χ4v) is 2.22. The number of nitrogens with zero attached hydrogens (tertiary/aromatic N) is 2. The lowest BCUT2D eigenvalue weighted by Crippen LogP contribution is -2.07. The predicted molar refractivity (Wildman–Crippen MR) is 82.0 cm³/mol. The second-order valence-electron chi connectivity index (χ2n) is 4.82. The molecule has 0 aliphatic rings. The third kappa shape index (κ3) is 3.70. The van der Waals surface area contributed by atoms with Gasteiger partial charge in [-0.2, -0.15) is 0 Å². The maximum atomic E-state index is 11.2. The topological polar surface area (TPSA) is 64.1 Å². The van der Waals surface area contributed by atoms with Gasteiger partial charge in [0.05, 0.1) is 11.3 Å². The van der Waals surface area contributed by atoms with Crippen LogP contribution in [0.5, 0.6) is 11.6 Å². The Morgan fingerprint density at radius 3 is 2.67 bits per heavy atom. The predicted octanol–water partition coefficient (Wildman–Crippen LogP) is 4.00. The molecule has 0 fully saturated rings. The van der Waals surface area contributed by atoms with Crippen LogP contribution in [0.4, 0.5) is 5.69 Å². The van der Waals surface area contributed by atoms with Gasteiger partial charge in [-0.05, 0) is 18.1 Å². The lowest BCUT2D eigenvalue weighted by molar-refractivity contribution is -0.114. The second kappa shape index (κ2) is 6.54. The molecule has 0 spiro atoms. The Morgan fingerprint density at radius 1 is 1.29 bits per heavy atom. The average Bonchev–Trinajstić information content (AvgIpc) is 2.40. The molecule has 0 radical (unpaired) electrons. The van der Waals surface area contributed by atoms with Crippen molar-refractivity contribution in [2.24, 2.45) is 0 Å². The highest BCUT2D eigenvalue weighted by Crippen LogP contribution is 2.35. The number of carbonyl (C=O) groups excluding carboxylic acids is 1. The van der Waals surface area contributed by atoms with Crippen molar-refractivity contribution in [3.05, 3.63) is 41.3 Å². The molecule has 1 aromatic heterocycles. The third-order valence-electron chi connectivity index (χ3n) is 2.78. The number of benzene rings is 1. The maximum Gasteiger partial charge on any atom is 0.227 e. The Hall–Kier alpha value is -2.14. The number of carbonyl (C=O) groups is 1. The summed E-state index contributed by atoms with van der Waals surface area (Å²) in [4.78, 5) is 19.4. The van der Waals surface area contributed by atoms with Gasteiger partial charge >= 0.3 is 0 Å². The second-order valence-corrected chi connectivity index (χ2v) is 5.18. The smallest absolute Gasteiger partial charge is 0.227 e. The highest BCUT2D eigenvalue weighted by Gasteiger charge is 2.16. The molecule has 0 saturated heterocycles. The van der Waals surface area contributed by atoms with Crippen LogP contribution < -0.4 is 10.1 Å². The van der Waals surface area contributed by atoms with Gasteiger partial charge in [-0.1, -0.05) is 37.6 Å². The number of anilines is 1. The highest BCUT2D eigenvalue weighted by molar-refractivity contribution is 6.30. The zero-order valence-electron chi connectivity index (χ0n) is 12.1. The van der Waals surface area contributed by atoms with Crippen molar-refractivity contribution < 1.29 is 9.53 Å². The van der Waals surface area contributed by atoms with Gasteiger partial charge in [0, 0.05) is 6.92 Å². The molecular weight excluding hydrogens is 290 g/mol. The molecular formula is C15H16ClN3O2. The van der Waals surface area contributed by atoms with Crippen molar-refractivity contribution in [3.8, 4) is 11.6 Å². The van der Waals surface area contributed by atoms with Gasteiger partial charge in [-0.25, -0.2) is 9.97 Å². The van der Waals surface area contributed by atoms with E-state index in [1.54, 1.807) is 12.1 Å². The van der Waals surface area contributed by atoms with E-state index < -0.39 is 0 Å². The van der Waals surface area contributed by atoms with Crippen LogP contribution in [0.1, 0.15) is 32.3 Å². The van der Waals surface area contributed by atoms with E-state index in [1.807, 2.05) is 26.0 Å². The van der Waals surface area contributed by atoms with Gasteiger partial charge in [0.1, 0.15) is 11.5 Å². The normalized spacial score (nSPS) is 10.5. The molecule has 6 heteroatoms. The van der Waals surface area contributed by atoms with Crippen molar-refractivity contribution in [3.63, 3.8) is 0 Å². The van der Waals surface area contributed by atoms with Crippen molar-refractivity contribution in [2.45, 2.75) is 26.7 Å². The van der Waals surface area contributed by atoms with Crippen LogP contribution in [0.3, 0.4) is 0 Å². The highest BCUT2D eigenvalue weighted by atomic mass is 35.5. The van der Waals surface area contributed by atoms with Crippen LogP contribution in [-0.4, -0.2) is 15.9 Å². The minimum absolute atomic E-state index is 0.113. The van der Waals surface area contributed by atoms with Crippen molar-refractivity contribution >= 4 is 23.2 Å². The Kier molecular flexibility index (Phi) is 4.75. The molecule has 110 valence electrons. The number of aromatic nitrogens is 2. The summed E-state index contributed by atoms with van der Waals surface area (Å²) >= 11 is 6.11. The molecule has 0 bridgehead atoms. The molecule has 0 aliphatic carbocycles. The molecule has 1 amide bonds. The molecule has 1 N–H and O–H groups in total. The Bertz CT molecular complexity index is 659. The summed E-state index contributed by atoms with van der Waals surface area (Å²) in [6.07, 6.45) is 1.35. The quantitative estimate of drug-likeness (QED) is 0.867. The monoisotopic (exact) mass is 305 g/mol. The number of para-hydroxylation sites is 2. The van der Waals surface area contributed by atoms with Crippen LogP contribution in [0.25, 0.3) is 0 Å². The first kappa shape index (κ1) is 15.3. The number of hydrogen-bond acceptors (Lipinski definition) is 4. The molecule has 0 unspecified atom stereocenters. The minimum atomic E-state index is -0.171. The Balaban J connectivity index is 2.39. The minimum Gasteiger partial charge on any atom is -0.436 e. The largest absolute Gasteiger partial charge is 0.436 e. The van der Waals surface area contributed by atoms with Crippen molar-refractivity contribution in [1.29, 1.82) is 0 Å². The molecule has 0 aliphatic heterocycles. The third-order valence-corrected chi connectivity index (χ3v) is 3.08. The van der Waals surface area contributed by atoms with Crippen LogP contribution >= 0.6 is 11.6 Å². The summed E-state index contributed by atoms with van der Waals surface area (Å²) in [5.74, 6) is 0.838. The summed E-state index contributed by atoms with van der Waals surface area (Å²) in [6, 6.07) is 7.15. The summed E-state index contributed by atoms with van der Waals surface area (Å²) in [5.41, 5.74) is 1.31. The average molecular weight is 306 g/mol. The van der Waals surface area contributed by atoms with Gasteiger partial charge in [0.25, 0.3) is 0 Å². The van der Waals surface area contributed by atoms with Gasteiger partial charge in [-0.15, -0.1) is 0 Å². The zero-order chi connectivity index (χ0) is 15.4. The molecule has 0 atom stereocenters. The fraction of sp³-hybridized carbons (Fsp3) is 0.267. The van der Waals surface area contributed by atoms with Crippen LogP contribution in [0, 0.1) is 0 Å². The van der Waals surface area contributed by atoms with E-state index in [2.05, 4.69) is 15.3 Å². The molecule has 21 heavy (non-hydrogen) atoms. The van der Waals surface area contributed by atoms with Gasteiger partial charge in [0.15, 0.2) is 5.75 Å². The van der Waals surface area contributed by atoms with E-state index in [4.69, 9.17) is 16.3 Å². The van der Waals surface area contributed by atoms with E-state index in [9.17, 15) is 4.79 Å². The van der Waals surface area contributed by atoms with Crippen molar-refractivity contribution in [2.75, 3.05) is 5.32 Å².